The predicted molar refractivity (Wildman–Crippen MR) is 163 cm³/mol. The Morgan fingerprint density at radius 3 is 2.05 bits per heavy atom. The summed E-state index contributed by atoms with van der Waals surface area (Å²) in [6.07, 6.45) is 1.06. The van der Waals surface area contributed by atoms with Crippen LogP contribution >= 0.6 is 23.2 Å². The third-order valence-electron chi connectivity index (χ3n) is 7.23. The number of anilines is 1. The van der Waals surface area contributed by atoms with Crippen molar-refractivity contribution in [1.29, 1.82) is 0 Å². The normalized spacial score (nSPS) is 14.9. The minimum absolute atomic E-state index is 0.150. The van der Waals surface area contributed by atoms with Gasteiger partial charge in [0.2, 0.25) is 0 Å². The third kappa shape index (κ3) is 7.27. The van der Waals surface area contributed by atoms with E-state index in [4.69, 9.17) is 33.2 Å². The first-order valence-corrected chi connectivity index (χ1v) is 14.3. The molecule has 1 saturated heterocycles. The Morgan fingerprint density at radius 2 is 1.44 bits per heavy atom. The van der Waals surface area contributed by atoms with Gasteiger partial charge in [-0.3, -0.25) is 9.80 Å². The van der Waals surface area contributed by atoms with E-state index in [1.165, 1.54) is 11.1 Å². The molecule has 0 unspecified atom stereocenters. The second-order valence-electron chi connectivity index (χ2n) is 10.4. The van der Waals surface area contributed by atoms with Gasteiger partial charge in [0.25, 0.3) is 0 Å². The summed E-state index contributed by atoms with van der Waals surface area (Å²) in [6.45, 7) is 6.43. The van der Waals surface area contributed by atoms with Crippen LogP contribution in [0.25, 0.3) is 10.9 Å². The van der Waals surface area contributed by atoms with Crippen LogP contribution in [-0.4, -0.2) is 78.0 Å². The molecule has 0 aliphatic carbocycles. The monoisotopic (exact) mass is 562 g/mol. The Balaban J connectivity index is 1.28. The zero-order valence-corrected chi connectivity index (χ0v) is 24.2. The van der Waals surface area contributed by atoms with E-state index in [-0.39, 0.29) is 6.04 Å². The first kappa shape index (κ1) is 27.8. The van der Waals surface area contributed by atoms with Crippen LogP contribution in [0.3, 0.4) is 0 Å². The van der Waals surface area contributed by atoms with Gasteiger partial charge in [-0.2, -0.15) is 0 Å². The number of para-hydroxylation sites is 1. The van der Waals surface area contributed by atoms with Crippen LogP contribution in [0.2, 0.25) is 10.0 Å². The van der Waals surface area contributed by atoms with Crippen molar-refractivity contribution < 1.29 is 0 Å². The van der Waals surface area contributed by atoms with Crippen molar-refractivity contribution in [1.82, 2.24) is 24.7 Å². The van der Waals surface area contributed by atoms with Crippen LogP contribution in [-0.2, 0) is 6.54 Å². The molecular formula is C31H36Cl2N6. The number of hydrogen-bond donors (Lipinski definition) is 1. The van der Waals surface area contributed by atoms with Crippen LogP contribution in [0.1, 0.15) is 29.4 Å². The van der Waals surface area contributed by atoms with Crippen molar-refractivity contribution >= 4 is 39.9 Å². The standard InChI is InChI=1S/C31H36Cl2N6/c1-37(2)17-5-16-34-31-27-6-3-4-7-28(27)35-29(36-31)22-38-18-20-39(21-19-38)30(23-8-12-25(32)13-9-23)24-10-14-26(33)15-11-24/h3-4,6-15,30H,5,16-22H2,1-2H3,(H,34,35,36). The summed E-state index contributed by atoms with van der Waals surface area (Å²) < 4.78 is 0. The molecule has 0 spiro atoms. The Morgan fingerprint density at radius 1 is 0.821 bits per heavy atom. The minimum atomic E-state index is 0.150. The number of nitrogens with one attached hydrogen (secondary N) is 1. The van der Waals surface area contributed by atoms with Crippen LogP contribution in [0.5, 0.6) is 0 Å². The molecule has 8 heteroatoms. The average Bonchev–Trinajstić information content (AvgIpc) is 2.94. The van der Waals surface area contributed by atoms with Crippen molar-refractivity contribution in [2.75, 3.05) is 58.7 Å². The van der Waals surface area contributed by atoms with Crippen molar-refractivity contribution in [3.05, 3.63) is 99.8 Å². The molecule has 2 heterocycles. The van der Waals surface area contributed by atoms with Crippen molar-refractivity contribution in [2.24, 2.45) is 0 Å². The molecule has 39 heavy (non-hydrogen) atoms. The number of aromatic nitrogens is 2. The maximum Gasteiger partial charge on any atom is 0.145 e. The molecule has 0 saturated carbocycles. The summed E-state index contributed by atoms with van der Waals surface area (Å²) in [5.41, 5.74) is 3.46. The van der Waals surface area contributed by atoms with Crippen LogP contribution in [0, 0.1) is 0 Å². The Bertz CT molecular complexity index is 1310. The first-order valence-electron chi connectivity index (χ1n) is 13.6. The van der Waals surface area contributed by atoms with Crippen molar-refractivity contribution in [3.63, 3.8) is 0 Å². The maximum absolute atomic E-state index is 6.20. The topological polar surface area (TPSA) is 47.5 Å². The van der Waals surface area contributed by atoms with E-state index >= 15 is 0 Å². The zero-order chi connectivity index (χ0) is 27.2. The van der Waals surface area contributed by atoms with Crippen LogP contribution < -0.4 is 5.32 Å². The average molecular weight is 564 g/mol. The highest BCUT2D eigenvalue weighted by molar-refractivity contribution is 6.30. The molecule has 5 rings (SSSR count). The first-order chi connectivity index (χ1) is 19.0. The molecule has 6 nitrogen and oxygen atoms in total. The fourth-order valence-corrected chi connectivity index (χ4v) is 5.47. The van der Waals surface area contributed by atoms with Gasteiger partial charge in [0.15, 0.2) is 0 Å². The molecular weight excluding hydrogens is 527 g/mol. The molecule has 0 radical (unpaired) electrons. The minimum Gasteiger partial charge on any atom is -0.369 e. The number of fused-ring (bicyclic) bond motifs is 1. The van der Waals surface area contributed by atoms with E-state index in [0.29, 0.717) is 0 Å². The summed E-state index contributed by atoms with van der Waals surface area (Å²) in [6, 6.07) is 24.8. The number of halogens is 2. The quantitative estimate of drug-likeness (QED) is 0.232. The molecule has 1 fully saturated rings. The van der Waals surface area contributed by atoms with Crippen molar-refractivity contribution in [2.45, 2.75) is 19.0 Å². The van der Waals surface area contributed by atoms with Gasteiger partial charge in [0.1, 0.15) is 11.6 Å². The lowest BCUT2D eigenvalue weighted by atomic mass is 9.96. The molecule has 1 aromatic heterocycles. The fraction of sp³-hybridized carbons (Fsp3) is 0.355. The number of benzene rings is 3. The highest BCUT2D eigenvalue weighted by Gasteiger charge is 2.27. The molecule has 0 bridgehead atoms. The third-order valence-corrected chi connectivity index (χ3v) is 7.74. The van der Waals surface area contributed by atoms with Gasteiger partial charge < -0.3 is 10.2 Å². The fourth-order valence-electron chi connectivity index (χ4n) is 5.22. The molecule has 1 aliphatic heterocycles. The van der Waals surface area contributed by atoms with Gasteiger partial charge in [0.05, 0.1) is 18.1 Å². The maximum atomic E-state index is 6.20. The molecule has 204 valence electrons. The Labute approximate surface area is 241 Å². The largest absolute Gasteiger partial charge is 0.369 e. The summed E-state index contributed by atoms with van der Waals surface area (Å²) in [5, 5.41) is 6.14. The molecule has 1 aliphatic rings. The molecule has 3 aromatic carbocycles. The van der Waals surface area contributed by atoms with E-state index in [1.54, 1.807) is 0 Å². The van der Waals surface area contributed by atoms with E-state index in [2.05, 4.69) is 70.5 Å². The Hall–Kier alpha value is -2.74. The lowest BCUT2D eigenvalue weighted by Gasteiger charge is -2.39. The second-order valence-corrected chi connectivity index (χ2v) is 11.3. The molecule has 0 amide bonds. The van der Waals surface area contributed by atoms with Gasteiger partial charge in [-0.1, -0.05) is 59.6 Å². The summed E-state index contributed by atoms with van der Waals surface area (Å²) in [4.78, 5) is 17.1. The second kappa shape index (κ2) is 13.1. The highest BCUT2D eigenvalue weighted by atomic mass is 35.5. The van der Waals surface area contributed by atoms with Gasteiger partial charge in [-0.05, 0) is 74.6 Å². The van der Waals surface area contributed by atoms with E-state index in [1.807, 2.05) is 36.4 Å². The van der Waals surface area contributed by atoms with Crippen molar-refractivity contribution in [3.8, 4) is 0 Å². The van der Waals surface area contributed by atoms with Gasteiger partial charge >= 0.3 is 0 Å². The zero-order valence-electron chi connectivity index (χ0n) is 22.7. The summed E-state index contributed by atoms with van der Waals surface area (Å²) >= 11 is 12.4. The van der Waals surface area contributed by atoms with E-state index in [9.17, 15) is 0 Å². The molecule has 0 atom stereocenters. The van der Waals surface area contributed by atoms with Gasteiger partial charge in [-0.25, -0.2) is 9.97 Å². The smallest absolute Gasteiger partial charge is 0.145 e. The van der Waals surface area contributed by atoms with E-state index < -0.39 is 0 Å². The Kier molecular flexibility index (Phi) is 9.32. The predicted octanol–water partition coefficient (Wildman–Crippen LogP) is 6.21. The molecule has 4 aromatic rings. The van der Waals surface area contributed by atoms with Crippen LogP contribution in [0.4, 0.5) is 5.82 Å². The SMILES string of the molecule is CN(C)CCCNc1nc(CN2CCN(C(c3ccc(Cl)cc3)c3ccc(Cl)cc3)CC2)nc2ccccc12. The van der Waals surface area contributed by atoms with E-state index in [0.717, 1.165) is 84.8 Å². The highest BCUT2D eigenvalue weighted by Crippen LogP contribution is 2.31. The summed E-state index contributed by atoms with van der Waals surface area (Å²) in [7, 11) is 4.20. The van der Waals surface area contributed by atoms with Gasteiger partial charge in [-0.15, -0.1) is 0 Å². The molecule has 1 N–H and O–H groups in total. The summed E-state index contributed by atoms with van der Waals surface area (Å²) in [5.74, 6) is 1.79. The number of rotatable bonds is 10. The number of piperazine rings is 1. The lowest BCUT2D eigenvalue weighted by Crippen LogP contribution is -2.47. The number of nitrogens with zero attached hydrogens (tertiary/aromatic N) is 5. The van der Waals surface area contributed by atoms with Crippen LogP contribution in [0.15, 0.2) is 72.8 Å². The number of hydrogen-bond acceptors (Lipinski definition) is 6. The lowest BCUT2D eigenvalue weighted by molar-refractivity contribution is 0.103. The van der Waals surface area contributed by atoms with Gasteiger partial charge in [0, 0.05) is 48.2 Å².